The molecule has 0 bridgehead atoms. The number of halogens is 2. The molecule has 1 aromatic heterocycles. The van der Waals surface area contributed by atoms with Crippen LogP contribution in [0.4, 0.5) is 20.3 Å². The third kappa shape index (κ3) is 4.52. The highest BCUT2D eigenvalue weighted by Crippen LogP contribution is 2.62. The standard InChI is InChI=1S/C24H31F2N5O4S/c1-16-3-4-17(13-29-7-9-30(10-8-29)22(33)15-32)11-19(16)20-5-6-21-23(27-20)28(2)36(34,35)31(21)14-18-12-24(18,25)26/h3-6,11,18,32,34-35H,7-10,12-15H2,1-2H3. The molecule has 0 radical (unpaired) electrons. The zero-order chi connectivity index (χ0) is 25.8. The number of carbonyl (C=O) groups is 1. The average Bonchev–Trinajstić information content (AvgIpc) is 3.42. The number of hydrogen-bond acceptors (Lipinski definition) is 8. The molecule has 2 aromatic rings. The molecule has 1 atom stereocenters. The summed E-state index contributed by atoms with van der Waals surface area (Å²) in [4.78, 5) is 20.3. The number of carbonyl (C=O) groups excluding carboxylic acids is 1. The Morgan fingerprint density at radius 2 is 1.86 bits per heavy atom. The van der Waals surface area contributed by atoms with Gasteiger partial charge in [0.2, 0.25) is 5.91 Å². The number of aliphatic hydroxyl groups is 1. The van der Waals surface area contributed by atoms with Crippen LogP contribution < -0.4 is 8.61 Å². The van der Waals surface area contributed by atoms with E-state index in [0.29, 0.717) is 49.9 Å². The molecule has 12 heteroatoms. The van der Waals surface area contributed by atoms with E-state index in [1.807, 2.05) is 13.0 Å². The second-order valence-electron chi connectivity index (χ2n) is 9.71. The van der Waals surface area contributed by atoms with Crippen molar-refractivity contribution >= 4 is 28.4 Å². The zero-order valence-corrected chi connectivity index (χ0v) is 21.1. The van der Waals surface area contributed by atoms with Gasteiger partial charge in [0, 0.05) is 64.2 Å². The molecule has 2 aliphatic heterocycles. The number of amides is 1. The van der Waals surface area contributed by atoms with E-state index in [2.05, 4.69) is 17.0 Å². The predicted molar refractivity (Wildman–Crippen MR) is 135 cm³/mol. The quantitative estimate of drug-likeness (QED) is 0.531. The highest BCUT2D eigenvalue weighted by molar-refractivity contribution is 8.26. The first-order chi connectivity index (χ1) is 17.0. The topological polar surface area (TPSA) is 104 Å². The summed E-state index contributed by atoms with van der Waals surface area (Å²) in [6.45, 7) is 4.65. The lowest BCUT2D eigenvalue weighted by atomic mass is 10.0. The Kier molecular flexibility index (Phi) is 6.36. The van der Waals surface area contributed by atoms with Crippen LogP contribution in [0.25, 0.3) is 11.3 Å². The van der Waals surface area contributed by atoms with E-state index in [1.54, 1.807) is 17.0 Å². The van der Waals surface area contributed by atoms with Gasteiger partial charge in [-0.25, -0.2) is 22.4 Å². The minimum atomic E-state index is -3.46. The van der Waals surface area contributed by atoms with Gasteiger partial charge in [-0.2, -0.15) is 0 Å². The van der Waals surface area contributed by atoms with E-state index in [1.165, 1.54) is 15.7 Å². The number of piperazine rings is 1. The highest BCUT2D eigenvalue weighted by atomic mass is 32.3. The molecule has 1 saturated carbocycles. The molecule has 1 saturated heterocycles. The van der Waals surface area contributed by atoms with Crippen LogP contribution in [0.5, 0.6) is 0 Å². The Bertz CT molecular complexity index is 1180. The first-order valence-electron chi connectivity index (χ1n) is 11.9. The molecular weight excluding hydrogens is 492 g/mol. The number of fused-ring (bicyclic) bond motifs is 1. The van der Waals surface area contributed by atoms with E-state index in [4.69, 9.17) is 10.1 Å². The fraction of sp³-hybridized carbons (Fsp3) is 0.500. The fourth-order valence-corrected chi connectivity index (χ4v) is 6.28. The fourth-order valence-electron chi connectivity index (χ4n) is 4.84. The van der Waals surface area contributed by atoms with Gasteiger partial charge in [-0.15, -0.1) is 0 Å². The lowest BCUT2D eigenvalue weighted by molar-refractivity contribution is -0.136. The van der Waals surface area contributed by atoms with Gasteiger partial charge in [-0.3, -0.25) is 18.8 Å². The van der Waals surface area contributed by atoms with Crippen molar-refractivity contribution < 1.29 is 27.8 Å². The predicted octanol–water partition coefficient (Wildman–Crippen LogP) is 3.19. The number of aryl methyl sites for hydroxylation is 1. The molecule has 1 aliphatic carbocycles. The molecule has 2 fully saturated rings. The number of aliphatic hydroxyl groups excluding tert-OH is 1. The summed E-state index contributed by atoms with van der Waals surface area (Å²) >= 11 is 0. The summed E-state index contributed by atoms with van der Waals surface area (Å²) in [6, 6.07) is 9.64. The molecule has 3 heterocycles. The minimum absolute atomic E-state index is 0.140. The molecule has 36 heavy (non-hydrogen) atoms. The molecule has 1 amide bonds. The first kappa shape index (κ1) is 25.2. The number of pyridine rings is 1. The van der Waals surface area contributed by atoms with Gasteiger partial charge in [-0.05, 0) is 47.2 Å². The molecule has 0 spiro atoms. The Hall–Kier alpha value is -2.51. The van der Waals surface area contributed by atoms with Gasteiger partial charge >= 0.3 is 0 Å². The SMILES string of the molecule is Cc1ccc(CN2CCN(C(=O)CO)CC2)cc1-c1ccc2c(n1)N(C)S(O)(O)N2CC1CC1(F)F. The molecule has 196 valence electrons. The summed E-state index contributed by atoms with van der Waals surface area (Å²) in [7, 11) is -1.94. The number of nitrogens with zero attached hydrogens (tertiary/aromatic N) is 5. The van der Waals surface area contributed by atoms with E-state index in [-0.39, 0.29) is 18.9 Å². The van der Waals surface area contributed by atoms with Crippen molar-refractivity contribution in [3.8, 4) is 11.3 Å². The third-order valence-corrected chi connectivity index (χ3v) is 9.12. The van der Waals surface area contributed by atoms with Gasteiger partial charge in [0.15, 0.2) is 5.82 Å². The summed E-state index contributed by atoms with van der Waals surface area (Å²) in [5.41, 5.74) is 4.09. The molecule has 3 aliphatic rings. The van der Waals surface area contributed by atoms with Crippen LogP contribution in [-0.4, -0.2) is 87.2 Å². The molecule has 9 nitrogen and oxygen atoms in total. The van der Waals surface area contributed by atoms with Gasteiger partial charge in [0.25, 0.3) is 5.92 Å². The Balaban J connectivity index is 1.35. The van der Waals surface area contributed by atoms with Gasteiger partial charge in [0.05, 0.1) is 5.69 Å². The van der Waals surface area contributed by atoms with Crippen molar-refractivity contribution in [2.45, 2.75) is 25.8 Å². The van der Waals surface area contributed by atoms with E-state index in [9.17, 15) is 22.7 Å². The Labute approximate surface area is 210 Å². The van der Waals surface area contributed by atoms with Crippen molar-refractivity contribution in [2.75, 3.05) is 55.0 Å². The molecular formula is C24H31F2N5O4S. The monoisotopic (exact) mass is 523 g/mol. The van der Waals surface area contributed by atoms with Crippen molar-refractivity contribution in [1.29, 1.82) is 0 Å². The van der Waals surface area contributed by atoms with Crippen LogP contribution in [0.3, 0.4) is 0 Å². The summed E-state index contributed by atoms with van der Waals surface area (Å²) in [6.07, 6.45) is -0.248. The minimum Gasteiger partial charge on any atom is -0.387 e. The van der Waals surface area contributed by atoms with Crippen molar-refractivity contribution in [3.63, 3.8) is 0 Å². The Morgan fingerprint density at radius 3 is 2.50 bits per heavy atom. The number of benzene rings is 1. The largest absolute Gasteiger partial charge is 0.387 e. The van der Waals surface area contributed by atoms with Crippen molar-refractivity contribution in [3.05, 3.63) is 41.5 Å². The van der Waals surface area contributed by atoms with Crippen LogP contribution in [-0.2, 0) is 11.3 Å². The molecule has 1 unspecified atom stereocenters. The van der Waals surface area contributed by atoms with E-state index in [0.717, 1.165) is 16.7 Å². The van der Waals surface area contributed by atoms with Crippen molar-refractivity contribution in [2.24, 2.45) is 5.92 Å². The number of aromatic nitrogens is 1. The van der Waals surface area contributed by atoms with Gasteiger partial charge < -0.3 is 10.0 Å². The number of anilines is 2. The van der Waals surface area contributed by atoms with Gasteiger partial charge in [-0.1, -0.05) is 12.1 Å². The van der Waals surface area contributed by atoms with E-state index >= 15 is 0 Å². The molecule has 3 N–H and O–H groups in total. The maximum absolute atomic E-state index is 13.5. The second kappa shape index (κ2) is 9.10. The number of rotatable bonds is 6. The maximum atomic E-state index is 13.5. The lowest BCUT2D eigenvalue weighted by Crippen LogP contribution is -2.49. The summed E-state index contributed by atoms with van der Waals surface area (Å²) < 4.78 is 51.1. The van der Waals surface area contributed by atoms with Crippen LogP contribution in [0, 0.1) is 12.8 Å². The molecule has 5 rings (SSSR count). The summed E-state index contributed by atoms with van der Waals surface area (Å²) in [5, 5.41) is 9.06. The third-order valence-electron chi connectivity index (χ3n) is 7.27. The second-order valence-corrected chi connectivity index (χ2v) is 11.7. The van der Waals surface area contributed by atoms with E-state index < -0.39 is 29.4 Å². The van der Waals surface area contributed by atoms with Crippen LogP contribution in [0.1, 0.15) is 17.5 Å². The number of hydrogen-bond donors (Lipinski definition) is 3. The molecule has 1 aromatic carbocycles. The van der Waals surface area contributed by atoms with Crippen LogP contribution in [0.15, 0.2) is 30.3 Å². The maximum Gasteiger partial charge on any atom is 0.253 e. The zero-order valence-electron chi connectivity index (χ0n) is 20.3. The first-order valence-corrected chi connectivity index (χ1v) is 13.4. The number of alkyl halides is 2. The lowest BCUT2D eigenvalue weighted by Gasteiger charge is -2.41. The smallest absolute Gasteiger partial charge is 0.253 e. The van der Waals surface area contributed by atoms with Crippen molar-refractivity contribution in [1.82, 2.24) is 14.8 Å². The summed E-state index contributed by atoms with van der Waals surface area (Å²) in [5.74, 6) is -3.56. The highest BCUT2D eigenvalue weighted by Gasteiger charge is 2.59. The van der Waals surface area contributed by atoms with Gasteiger partial charge in [0.1, 0.15) is 12.3 Å². The van der Waals surface area contributed by atoms with Crippen LogP contribution in [0.2, 0.25) is 0 Å². The normalized spacial score (nSPS) is 23.5. The average molecular weight is 524 g/mol. The van der Waals surface area contributed by atoms with Crippen LogP contribution >= 0.6 is 11.0 Å². The Morgan fingerprint density at radius 1 is 1.17 bits per heavy atom.